The van der Waals surface area contributed by atoms with Crippen molar-refractivity contribution in [2.75, 3.05) is 39.8 Å². The average molecular weight is 976 g/mol. The third-order valence-electron chi connectivity index (χ3n) is 8.33. The number of hydrogen-bond donors (Lipinski definition) is 0. The largest absolute Gasteiger partial charge is 0.468 e. The van der Waals surface area contributed by atoms with E-state index in [4.69, 9.17) is 36.0 Å². The van der Waals surface area contributed by atoms with Crippen molar-refractivity contribution in [3.8, 4) is 0 Å². The predicted molar refractivity (Wildman–Crippen MR) is 259 cm³/mol. The minimum atomic E-state index is -0.516. The third kappa shape index (κ3) is 35.2. The first-order valence-electron chi connectivity index (χ1n) is 22.2. The first-order chi connectivity index (χ1) is 31.9. The van der Waals surface area contributed by atoms with E-state index in [2.05, 4.69) is 42.1 Å². The Morgan fingerprint density at radius 3 is 1.64 bits per heavy atom. The lowest BCUT2D eigenvalue weighted by Gasteiger charge is -2.13. The number of rotatable bonds is 28. The van der Waals surface area contributed by atoms with Crippen LogP contribution in [0.3, 0.4) is 0 Å². The van der Waals surface area contributed by atoms with Crippen LogP contribution in [0.1, 0.15) is 117 Å². The maximum absolute atomic E-state index is 11.8. The number of hydrogen-bond acceptors (Lipinski definition) is 17. The predicted octanol–water partition coefficient (Wildman–Crippen LogP) is 9.95. The second-order valence-electron chi connectivity index (χ2n) is 13.8. The molecule has 0 aliphatic heterocycles. The number of thioether (sulfide) groups is 2. The Morgan fingerprint density at radius 2 is 1.17 bits per heavy atom. The molecule has 3 aromatic heterocycles. The summed E-state index contributed by atoms with van der Waals surface area (Å²) in [6, 6.07) is 16.4. The normalized spacial score (nSPS) is 10.4. The molecule has 0 N–H and O–H groups in total. The van der Waals surface area contributed by atoms with E-state index in [1.807, 2.05) is 36.4 Å². The lowest BCUT2D eigenvalue weighted by atomic mass is 10.2. The highest BCUT2D eigenvalue weighted by Gasteiger charge is 2.21. The highest BCUT2D eigenvalue weighted by Crippen LogP contribution is 2.26. The summed E-state index contributed by atoms with van der Waals surface area (Å²) in [6.45, 7) is 10.9. The summed E-state index contributed by atoms with van der Waals surface area (Å²) in [5.41, 5.74) is 0. The Labute approximate surface area is 404 Å². The van der Waals surface area contributed by atoms with Crippen LogP contribution < -0.4 is 4.84 Å². The van der Waals surface area contributed by atoms with E-state index >= 15 is 0 Å². The van der Waals surface area contributed by atoms with Gasteiger partial charge < -0.3 is 28.5 Å². The Bertz CT molecular complexity index is 1840. The number of pyridine rings is 3. The highest BCUT2D eigenvalue weighted by atomic mass is 32.2. The molecule has 3 heterocycles. The Hall–Kier alpha value is -5.07. The number of esters is 5. The number of aromatic nitrogens is 3. The Morgan fingerprint density at radius 1 is 0.652 bits per heavy atom. The SMILES string of the molecule is C=CC(=O)OC.CCCCCOC(=O)CCC(=O)On1ccccc1=S.CCCCCOC(=O)CCCC(Sc1ccccn1)C(=O)OC.CCCCCOC(=O)CCSc1ccccn1. The summed E-state index contributed by atoms with van der Waals surface area (Å²) in [5, 5.41) is 1.36. The zero-order valence-electron chi connectivity index (χ0n) is 39.2. The molecule has 0 aliphatic carbocycles. The Kier molecular flexibility index (Phi) is 39.3. The standard InChI is InChI=1S/C17H25NO4S.C14H19NO4S.C13H19NO2S.C4H6O2/c1-3-4-7-13-22-16(19)11-8-9-14(17(20)21-2)23-15-10-5-6-12-18-15;1-2-3-6-11-18-13(16)8-9-14(17)19-15-10-5-4-7-12(15)20;1-2-3-6-10-16-13(15)8-11-17-12-7-4-5-9-14-12;1-3-4(5)6-2/h5-6,10,12,14H,3-4,7-9,11,13H2,1-2H3;4-5,7,10H,2-3,6,8-9,11H2,1H3;4-5,7,9H,2-3,6,8,10-11H2,1H3;3H,1H2,2H3. The highest BCUT2D eigenvalue weighted by molar-refractivity contribution is 8.00. The fourth-order valence-corrected chi connectivity index (χ4v) is 6.80. The molecular formula is C48H69N3O12S3. The van der Waals surface area contributed by atoms with Crippen LogP contribution in [0, 0.1) is 4.64 Å². The van der Waals surface area contributed by atoms with E-state index < -0.39 is 11.9 Å². The molecule has 0 fully saturated rings. The van der Waals surface area contributed by atoms with Gasteiger partial charge in [-0.25, -0.2) is 19.6 Å². The lowest BCUT2D eigenvalue weighted by molar-refractivity contribution is -0.150. The van der Waals surface area contributed by atoms with Crippen molar-refractivity contribution in [2.45, 2.75) is 132 Å². The minimum absolute atomic E-state index is 0.0190. The molecule has 15 nitrogen and oxygen atoms in total. The van der Waals surface area contributed by atoms with Gasteiger partial charge in [0.1, 0.15) is 9.89 Å². The van der Waals surface area contributed by atoms with Crippen molar-refractivity contribution in [3.63, 3.8) is 0 Å². The third-order valence-corrected chi connectivity index (χ3v) is 10.8. The van der Waals surface area contributed by atoms with Gasteiger partial charge in [0.15, 0.2) is 0 Å². The van der Waals surface area contributed by atoms with E-state index in [1.54, 1.807) is 48.6 Å². The molecule has 0 aliphatic rings. The van der Waals surface area contributed by atoms with E-state index in [9.17, 15) is 28.8 Å². The zero-order chi connectivity index (χ0) is 49.0. The second kappa shape index (κ2) is 42.6. The van der Waals surface area contributed by atoms with Crippen LogP contribution in [0.25, 0.3) is 0 Å². The fraction of sp³-hybridized carbons (Fsp3) is 0.521. The number of methoxy groups -OCH3 is 2. The molecule has 0 radical (unpaired) electrons. The minimum Gasteiger partial charge on any atom is -0.468 e. The van der Waals surface area contributed by atoms with Gasteiger partial charge in [-0.1, -0.05) is 108 Å². The first kappa shape index (κ1) is 60.9. The van der Waals surface area contributed by atoms with Gasteiger partial charge in [-0.3, -0.25) is 19.2 Å². The number of unbranched alkanes of at least 4 members (excludes halogenated alkanes) is 6. The quantitative estimate of drug-likeness (QED) is 0.0167. The summed E-state index contributed by atoms with van der Waals surface area (Å²) in [4.78, 5) is 81.0. The topological polar surface area (TPSA) is 189 Å². The summed E-state index contributed by atoms with van der Waals surface area (Å²) in [5.74, 6) is -1.17. The molecule has 1 unspecified atom stereocenters. The summed E-state index contributed by atoms with van der Waals surface area (Å²) in [7, 11) is 2.68. The van der Waals surface area contributed by atoms with Crippen LogP contribution in [-0.4, -0.2) is 95.6 Å². The first-order valence-corrected chi connectivity index (χ1v) is 24.5. The second-order valence-corrected chi connectivity index (χ2v) is 16.6. The van der Waals surface area contributed by atoms with Crippen LogP contribution in [-0.2, 0) is 52.5 Å². The van der Waals surface area contributed by atoms with Crippen molar-refractivity contribution in [1.29, 1.82) is 0 Å². The van der Waals surface area contributed by atoms with E-state index in [-0.39, 0.29) is 42.0 Å². The smallest absolute Gasteiger partial charge is 0.333 e. The molecule has 3 aromatic rings. The summed E-state index contributed by atoms with van der Waals surface area (Å²) in [6.07, 6.45) is 17.3. The molecule has 0 bridgehead atoms. The van der Waals surface area contributed by atoms with Gasteiger partial charge in [0.05, 0.1) is 63.4 Å². The molecule has 0 amide bonds. The molecule has 0 aromatic carbocycles. The number of carbonyl (C=O) groups excluding carboxylic acids is 6. The van der Waals surface area contributed by atoms with Crippen LogP contribution >= 0.6 is 35.7 Å². The van der Waals surface area contributed by atoms with Crippen molar-refractivity contribution < 1.29 is 57.3 Å². The van der Waals surface area contributed by atoms with Gasteiger partial charge >= 0.3 is 35.8 Å². The molecule has 1 atom stereocenters. The van der Waals surface area contributed by atoms with E-state index in [0.29, 0.717) is 50.1 Å². The van der Waals surface area contributed by atoms with Gasteiger partial charge in [0.2, 0.25) is 0 Å². The van der Waals surface area contributed by atoms with Gasteiger partial charge in [-0.2, -0.15) is 4.73 Å². The van der Waals surface area contributed by atoms with Crippen molar-refractivity contribution in [1.82, 2.24) is 14.7 Å². The molecule has 0 spiro atoms. The van der Waals surface area contributed by atoms with Gasteiger partial charge in [-0.05, 0) is 68.5 Å². The van der Waals surface area contributed by atoms with Crippen LogP contribution in [0.4, 0.5) is 0 Å². The van der Waals surface area contributed by atoms with Crippen LogP contribution in [0.2, 0.25) is 0 Å². The van der Waals surface area contributed by atoms with Gasteiger partial charge in [-0.15, -0.1) is 11.8 Å². The van der Waals surface area contributed by atoms with E-state index in [0.717, 1.165) is 79.7 Å². The molecule has 3 rings (SSSR count). The molecule has 18 heteroatoms. The molecule has 66 heavy (non-hydrogen) atoms. The van der Waals surface area contributed by atoms with E-state index in [1.165, 1.54) is 30.7 Å². The zero-order valence-corrected chi connectivity index (χ0v) is 41.6. The molecule has 0 saturated carbocycles. The Balaban J connectivity index is 0.000000910. The number of nitrogens with zero attached hydrogens (tertiary/aromatic N) is 3. The summed E-state index contributed by atoms with van der Waals surface area (Å²) >= 11 is 7.92. The number of ether oxygens (including phenoxy) is 5. The maximum atomic E-state index is 11.8. The fourth-order valence-electron chi connectivity index (χ4n) is 4.78. The van der Waals surface area contributed by atoms with Crippen LogP contribution in [0.15, 0.2) is 95.9 Å². The molecule has 0 saturated heterocycles. The number of carbonyl (C=O) groups is 6. The van der Waals surface area contributed by atoms with Gasteiger partial charge in [0, 0.05) is 36.8 Å². The van der Waals surface area contributed by atoms with Gasteiger partial charge in [0.25, 0.3) is 0 Å². The van der Waals surface area contributed by atoms with Crippen LogP contribution in [0.5, 0.6) is 0 Å². The molecular weight excluding hydrogens is 907 g/mol. The molecule has 366 valence electrons. The van der Waals surface area contributed by atoms with Crippen molar-refractivity contribution in [2.24, 2.45) is 0 Å². The monoisotopic (exact) mass is 975 g/mol. The van der Waals surface area contributed by atoms with Crippen molar-refractivity contribution >= 4 is 71.6 Å². The maximum Gasteiger partial charge on any atom is 0.333 e. The average Bonchev–Trinajstić information content (AvgIpc) is 3.33. The summed E-state index contributed by atoms with van der Waals surface area (Å²) < 4.78 is 25.8. The van der Waals surface area contributed by atoms with Crippen molar-refractivity contribution in [3.05, 3.63) is 90.5 Å². The lowest BCUT2D eigenvalue weighted by Crippen LogP contribution is -2.21.